The van der Waals surface area contributed by atoms with Gasteiger partial charge in [0, 0.05) is 23.6 Å². The van der Waals surface area contributed by atoms with Crippen LogP contribution >= 0.6 is 11.8 Å². The van der Waals surface area contributed by atoms with E-state index in [9.17, 15) is 0 Å². The van der Waals surface area contributed by atoms with Gasteiger partial charge in [-0.1, -0.05) is 27.7 Å². The van der Waals surface area contributed by atoms with Crippen molar-refractivity contribution in [2.75, 3.05) is 25.4 Å². The van der Waals surface area contributed by atoms with Crippen LogP contribution < -0.4 is 5.73 Å². The monoisotopic (exact) mass is 258 g/mol. The molecule has 0 spiro atoms. The van der Waals surface area contributed by atoms with Gasteiger partial charge < -0.3 is 10.6 Å². The third kappa shape index (κ3) is 4.80. The fourth-order valence-corrected chi connectivity index (χ4v) is 4.47. The highest BCUT2D eigenvalue weighted by Crippen LogP contribution is 2.35. The summed E-state index contributed by atoms with van der Waals surface area (Å²) in [7, 11) is 0. The maximum Gasteiger partial charge on any atom is 0.0225 e. The fraction of sp³-hybridized carbons (Fsp3) is 1.00. The Morgan fingerprint density at radius 3 is 2.35 bits per heavy atom. The van der Waals surface area contributed by atoms with Crippen molar-refractivity contribution in [2.45, 2.75) is 51.8 Å². The molecule has 17 heavy (non-hydrogen) atoms. The van der Waals surface area contributed by atoms with Gasteiger partial charge in [-0.05, 0) is 37.8 Å². The van der Waals surface area contributed by atoms with Crippen LogP contribution in [0.5, 0.6) is 0 Å². The molecular weight excluding hydrogens is 228 g/mol. The molecule has 1 fully saturated rings. The summed E-state index contributed by atoms with van der Waals surface area (Å²) in [6, 6.07) is 0.412. The third-order valence-electron chi connectivity index (χ3n) is 4.04. The Morgan fingerprint density at radius 2 is 1.82 bits per heavy atom. The van der Waals surface area contributed by atoms with Crippen molar-refractivity contribution in [3.63, 3.8) is 0 Å². The highest BCUT2D eigenvalue weighted by Gasteiger charge is 2.31. The number of nitrogens with zero attached hydrogens (tertiary/aromatic N) is 1. The number of nitrogens with two attached hydrogens (primary N) is 1. The lowest BCUT2D eigenvalue weighted by atomic mass is 9.80. The lowest BCUT2D eigenvalue weighted by molar-refractivity contribution is 0.278. The van der Waals surface area contributed by atoms with E-state index in [-0.39, 0.29) is 0 Å². The van der Waals surface area contributed by atoms with Crippen LogP contribution in [0.2, 0.25) is 0 Å². The van der Waals surface area contributed by atoms with Crippen molar-refractivity contribution in [1.82, 2.24) is 4.90 Å². The molecule has 1 aliphatic carbocycles. The maximum atomic E-state index is 6.31. The molecule has 0 aromatic carbocycles. The van der Waals surface area contributed by atoms with Gasteiger partial charge in [0.15, 0.2) is 0 Å². The Bertz CT molecular complexity index is 194. The summed E-state index contributed by atoms with van der Waals surface area (Å²) in [5.41, 5.74) is 6.31. The maximum absolute atomic E-state index is 6.31. The van der Waals surface area contributed by atoms with Crippen LogP contribution in [0.3, 0.4) is 0 Å². The zero-order valence-electron chi connectivity index (χ0n) is 12.0. The summed E-state index contributed by atoms with van der Waals surface area (Å²) in [5.74, 6) is 2.84. The van der Waals surface area contributed by atoms with Gasteiger partial charge in [0.1, 0.15) is 0 Å². The molecule has 0 saturated heterocycles. The van der Waals surface area contributed by atoms with E-state index in [1.54, 1.807) is 0 Å². The Kier molecular flexibility index (Phi) is 6.90. The smallest absolute Gasteiger partial charge is 0.0225 e. The summed E-state index contributed by atoms with van der Waals surface area (Å²) in [4.78, 5) is 2.49. The van der Waals surface area contributed by atoms with Gasteiger partial charge in [-0.3, -0.25) is 0 Å². The van der Waals surface area contributed by atoms with Gasteiger partial charge in [-0.15, -0.1) is 0 Å². The normalized spacial score (nSPS) is 34.2. The van der Waals surface area contributed by atoms with Crippen LogP contribution in [0.1, 0.15) is 40.5 Å². The van der Waals surface area contributed by atoms with Gasteiger partial charge >= 0.3 is 0 Å². The Hall–Kier alpha value is 0.270. The van der Waals surface area contributed by atoms with Crippen molar-refractivity contribution in [1.29, 1.82) is 0 Å². The molecule has 0 radical (unpaired) electrons. The first kappa shape index (κ1) is 15.3. The topological polar surface area (TPSA) is 29.3 Å². The average molecular weight is 258 g/mol. The van der Waals surface area contributed by atoms with E-state index in [4.69, 9.17) is 5.73 Å². The van der Waals surface area contributed by atoms with Crippen molar-refractivity contribution in [2.24, 2.45) is 17.6 Å². The molecule has 1 rings (SSSR count). The molecule has 0 amide bonds. The summed E-state index contributed by atoms with van der Waals surface area (Å²) >= 11 is 2.11. The summed E-state index contributed by atoms with van der Waals surface area (Å²) in [6.45, 7) is 12.7. The molecule has 1 saturated carbocycles. The van der Waals surface area contributed by atoms with E-state index in [1.165, 1.54) is 38.2 Å². The first-order valence-electron chi connectivity index (χ1n) is 7.17. The predicted octanol–water partition coefficient (Wildman–Crippen LogP) is 2.82. The van der Waals surface area contributed by atoms with E-state index in [0.717, 1.165) is 11.8 Å². The second-order valence-electron chi connectivity index (χ2n) is 5.58. The molecule has 0 aromatic rings. The molecule has 2 N–H and O–H groups in total. The van der Waals surface area contributed by atoms with E-state index in [0.29, 0.717) is 11.3 Å². The van der Waals surface area contributed by atoms with Gasteiger partial charge in [0.05, 0.1) is 0 Å². The summed E-state index contributed by atoms with van der Waals surface area (Å²) in [6.07, 6.45) is 2.57. The number of rotatable bonds is 6. The molecule has 4 unspecified atom stereocenters. The molecule has 0 heterocycles. The first-order chi connectivity index (χ1) is 8.08. The van der Waals surface area contributed by atoms with Crippen LogP contribution in [0.15, 0.2) is 0 Å². The summed E-state index contributed by atoms with van der Waals surface area (Å²) < 4.78 is 0. The lowest BCUT2D eigenvalue weighted by Gasteiger charge is -2.37. The molecule has 2 nitrogen and oxygen atoms in total. The molecule has 3 heteroatoms. The van der Waals surface area contributed by atoms with Crippen molar-refractivity contribution >= 4 is 11.8 Å². The predicted molar refractivity (Wildman–Crippen MR) is 79.6 cm³/mol. The van der Waals surface area contributed by atoms with Gasteiger partial charge in [-0.25, -0.2) is 0 Å². The Labute approximate surface area is 112 Å². The average Bonchev–Trinajstić information content (AvgIpc) is 2.27. The van der Waals surface area contributed by atoms with Gasteiger partial charge in [0.25, 0.3) is 0 Å². The van der Waals surface area contributed by atoms with Crippen LogP contribution in [-0.4, -0.2) is 41.6 Å². The fourth-order valence-electron chi connectivity index (χ4n) is 3.03. The second kappa shape index (κ2) is 7.65. The molecular formula is C14H30N2S. The van der Waals surface area contributed by atoms with Gasteiger partial charge in [0.2, 0.25) is 0 Å². The molecule has 0 bridgehead atoms. The van der Waals surface area contributed by atoms with Crippen molar-refractivity contribution < 1.29 is 0 Å². The zero-order chi connectivity index (χ0) is 12.8. The van der Waals surface area contributed by atoms with Crippen LogP contribution in [0, 0.1) is 11.8 Å². The van der Waals surface area contributed by atoms with Crippen LogP contribution in [0.25, 0.3) is 0 Å². The van der Waals surface area contributed by atoms with Crippen molar-refractivity contribution in [3.8, 4) is 0 Å². The summed E-state index contributed by atoms with van der Waals surface area (Å²) in [5, 5.41) is 0.682. The van der Waals surface area contributed by atoms with E-state index >= 15 is 0 Å². The molecule has 102 valence electrons. The minimum atomic E-state index is 0.412. The van der Waals surface area contributed by atoms with E-state index < -0.39 is 0 Å². The molecule has 1 aliphatic rings. The third-order valence-corrected chi connectivity index (χ3v) is 5.66. The van der Waals surface area contributed by atoms with Crippen LogP contribution in [-0.2, 0) is 0 Å². The minimum Gasteiger partial charge on any atom is -0.327 e. The molecule has 0 aliphatic heterocycles. The SMILES string of the molecule is CCN(CC)CCSC1C(C)CC(C)CC1N. The standard InChI is InChI=1S/C14H30N2S/c1-5-16(6-2)7-8-17-14-12(4)9-11(3)10-13(14)15/h11-14H,5-10,15H2,1-4H3. The number of thioether (sulfide) groups is 1. The first-order valence-corrected chi connectivity index (χ1v) is 8.22. The number of hydrogen-bond acceptors (Lipinski definition) is 3. The van der Waals surface area contributed by atoms with Gasteiger partial charge in [-0.2, -0.15) is 11.8 Å². The van der Waals surface area contributed by atoms with Crippen molar-refractivity contribution in [3.05, 3.63) is 0 Å². The quantitative estimate of drug-likeness (QED) is 0.794. The highest BCUT2D eigenvalue weighted by molar-refractivity contribution is 8.00. The van der Waals surface area contributed by atoms with E-state index in [1.807, 2.05) is 0 Å². The minimum absolute atomic E-state index is 0.412. The largest absolute Gasteiger partial charge is 0.327 e. The molecule has 4 atom stereocenters. The molecule has 0 aromatic heterocycles. The number of hydrogen-bond donors (Lipinski definition) is 1. The van der Waals surface area contributed by atoms with E-state index in [2.05, 4.69) is 44.4 Å². The lowest BCUT2D eigenvalue weighted by Crippen LogP contribution is -2.43. The van der Waals surface area contributed by atoms with Crippen LogP contribution in [0.4, 0.5) is 0 Å². The second-order valence-corrected chi connectivity index (χ2v) is 6.87. The Balaban J connectivity index is 2.30. The Morgan fingerprint density at radius 1 is 1.18 bits per heavy atom. The highest BCUT2D eigenvalue weighted by atomic mass is 32.2. The zero-order valence-corrected chi connectivity index (χ0v) is 12.8.